The van der Waals surface area contributed by atoms with Gasteiger partial charge >= 0.3 is 0 Å². The molecule has 0 saturated heterocycles. The second kappa shape index (κ2) is 11.9. The summed E-state index contributed by atoms with van der Waals surface area (Å²) in [5, 5.41) is 0. The molecule has 0 aliphatic heterocycles. The van der Waals surface area contributed by atoms with Gasteiger partial charge in [0.25, 0.3) is 0 Å². The van der Waals surface area contributed by atoms with E-state index in [1.807, 2.05) is 0 Å². The first-order chi connectivity index (χ1) is 18.7. The van der Waals surface area contributed by atoms with Gasteiger partial charge in [-0.1, -0.05) is 91.0 Å². The molecule has 0 radical (unpaired) electrons. The van der Waals surface area contributed by atoms with Crippen molar-refractivity contribution in [1.29, 1.82) is 0 Å². The molecule has 5 rings (SSSR count). The van der Waals surface area contributed by atoms with Crippen LogP contribution in [0.25, 0.3) is 5.57 Å². The normalized spacial score (nSPS) is 11.7. The van der Waals surface area contributed by atoms with E-state index in [-0.39, 0.29) is 0 Å². The second-order valence-corrected chi connectivity index (χ2v) is 9.22. The third kappa shape index (κ3) is 5.77. The van der Waals surface area contributed by atoms with E-state index in [1.54, 1.807) is 0 Å². The van der Waals surface area contributed by atoms with Crippen molar-refractivity contribution in [2.45, 2.75) is 13.8 Å². The van der Waals surface area contributed by atoms with Crippen molar-refractivity contribution in [2.75, 3.05) is 9.80 Å². The average molecular weight is 493 g/mol. The Hall–Kier alpha value is -4.82. The summed E-state index contributed by atoms with van der Waals surface area (Å²) in [6, 6.07) is 50.8. The molecule has 186 valence electrons. The monoisotopic (exact) mass is 492 g/mol. The number of nitrogens with zero attached hydrogens (tertiary/aromatic N) is 2. The highest BCUT2D eigenvalue weighted by Crippen LogP contribution is 2.35. The Balaban J connectivity index is 1.43. The predicted molar refractivity (Wildman–Crippen MR) is 164 cm³/mol. The fraction of sp³-hybridized carbons (Fsp3) is 0.0556. The van der Waals surface area contributed by atoms with Crippen molar-refractivity contribution in [1.82, 2.24) is 0 Å². The van der Waals surface area contributed by atoms with Crippen LogP contribution in [-0.4, -0.2) is 0 Å². The Kier molecular flexibility index (Phi) is 7.81. The molecule has 38 heavy (non-hydrogen) atoms. The Bertz CT molecular complexity index is 1410. The smallest absolute Gasteiger partial charge is 0.0462 e. The molecule has 0 heterocycles. The van der Waals surface area contributed by atoms with Crippen LogP contribution < -0.4 is 9.80 Å². The molecule has 0 amide bonds. The highest BCUT2D eigenvalue weighted by Gasteiger charge is 2.12. The van der Waals surface area contributed by atoms with Crippen molar-refractivity contribution >= 4 is 34.0 Å². The molecular weight excluding hydrogens is 460 g/mol. The zero-order valence-corrected chi connectivity index (χ0v) is 21.9. The van der Waals surface area contributed by atoms with Crippen LogP contribution in [-0.2, 0) is 0 Å². The maximum atomic E-state index is 2.28. The van der Waals surface area contributed by atoms with Crippen molar-refractivity contribution in [3.63, 3.8) is 0 Å². The summed E-state index contributed by atoms with van der Waals surface area (Å²) < 4.78 is 0. The first-order valence-corrected chi connectivity index (χ1v) is 13.0. The van der Waals surface area contributed by atoms with Gasteiger partial charge in [0.1, 0.15) is 0 Å². The number of rotatable bonds is 8. The molecule has 0 aromatic heterocycles. The van der Waals surface area contributed by atoms with E-state index >= 15 is 0 Å². The topological polar surface area (TPSA) is 6.48 Å². The summed E-state index contributed by atoms with van der Waals surface area (Å²) >= 11 is 0. The van der Waals surface area contributed by atoms with Crippen molar-refractivity contribution in [3.05, 3.63) is 169 Å². The summed E-state index contributed by atoms with van der Waals surface area (Å²) in [6.45, 7) is 4.32. The molecule has 2 nitrogen and oxygen atoms in total. The fourth-order valence-electron chi connectivity index (χ4n) is 4.60. The van der Waals surface area contributed by atoms with E-state index in [0.717, 1.165) is 34.1 Å². The predicted octanol–water partition coefficient (Wildman–Crippen LogP) is 10.3. The summed E-state index contributed by atoms with van der Waals surface area (Å²) in [6.07, 6.45) is 4.40. The largest absolute Gasteiger partial charge is 0.315 e. The van der Waals surface area contributed by atoms with Gasteiger partial charge in [0, 0.05) is 34.1 Å². The lowest BCUT2D eigenvalue weighted by atomic mass is 10.1. The number of para-hydroxylation sites is 4. The maximum Gasteiger partial charge on any atom is 0.0462 e. The van der Waals surface area contributed by atoms with Crippen molar-refractivity contribution < 1.29 is 0 Å². The van der Waals surface area contributed by atoms with Gasteiger partial charge < -0.3 is 9.80 Å². The Morgan fingerprint density at radius 3 is 1.21 bits per heavy atom. The Morgan fingerprint density at radius 2 is 0.789 bits per heavy atom. The summed E-state index contributed by atoms with van der Waals surface area (Å²) in [4.78, 5) is 4.56. The van der Waals surface area contributed by atoms with Crippen molar-refractivity contribution in [3.8, 4) is 0 Å². The molecule has 0 atom stereocenters. The first-order valence-electron chi connectivity index (χ1n) is 13.0. The third-order valence-electron chi connectivity index (χ3n) is 6.57. The van der Waals surface area contributed by atoms with E-state index in [2.05, 4.69) is 181 Å². The average Bonchev–Trinajstić information content (AvgIpc) is 2.99. The summed E-state index contributed by atoms with van der Waals surface area (Å²) in [7, 11) is 0. The maximum absolute atomic E-state index is 2.28. The van der Waals surface area contributed by atoms with Gasteiger partial charge in [-0.15, -0.1) is 0 Å². The molecular formula is C36H32N2. The molecule has 0 saturated carbocycles. The molecule has 2 heteroatoms. The Morgan fingerprint density at radius 1 is 0.421 bits per heavy atom. The van der Waals surface area contributed by atoms with E-state index in [1.165, 1.54) is 11.1 Å². The second-order valence-electron chi connectivity index (χ2n) is 9.22. The zero-order chi connectivity index (χ0) is 26.2. The molecule has 0 bridgehead atoms. The van der Waals surface area contributed by atoms with E-state index in [4.69, 9.17) is 0 Å². The van der Waals surface area contributed by atoms with Gasteiger partial charge in [0.2, 0.25) is 0 Å². The Labute approximate surface area is 226 Å². The van der Waals surface area contributed by atoms with Crippen LogP contribution in [0.3, 0.4) is 0 Å². The van der Waals surface area contributed by atoms with Gasteiger partial charge in [0.05, 0.1) is 0 Å². The molecule has 0 unspecified atom stereocenters. The van der Waals surface area contributed by atoms with Gasteiger partial charge in [-0.2, -0.15) is 0 Å². The van der Waals surface area contributed by atoms with Crippen LogP contribution in [0.2, 0.25) is 0 Å². The van der Waals surface area contributed by atoms with Crippen LogP contribution in [0.1, 0.15) is 19.4 Å². The molecule has 0 spiro atoms. The van der Waals surface area contributed by atoms with E-state index < -0.39 is 0 Å². The lowest BCUT2D eigenvalue weighted by molar-refractivity contribution is 1.16. The minimum atomic E-state index is 1.13. The standard InChI is InChI=1S/C36H32N2/c1-29(23-24-30(2)37(32-15-7-3-8-16-32)33-17-9-4-10-18-33)31-25-27-36(28-26-31)38(34-19-11-5-12-20-34)35-21-13-6-14-22-35/h3-28H,1-2H3/b29-23+,30-24+. The first kappa shape index (κ1) is 24.9. The highest BCUT2D eigenvalue weighted by atomic mass is 15.1. The van der Waals surface area contributed by atoms with Crippen LogP contribution in [0, 0.1) is 0 Å². The quantitative estimate of drug-likeness (QED) is 0.199. The molecule has 5 aromatic rings. The molecule has 0 N–H and O–H groups in total. The minimum absolute atomic E-state index is 1.13. The summed E-state index contributed by atoms with van der Waals surface area (Å²) in [5.74, 6) is 0. The van der Waals surface area contributed by atoms with Gasteiger partial charge in [-0.3, -0.25) is 0 Å². The fourth-order valence-corrected chi connectivity index (χ4v) is 4.60. The van der Waals surface area contributed by atoms with Crippen molar-refractivity contribution in [2.24, 2.45) is 0 Å². The highest BCUT2D eigenvalue weighted by molar-refractivity contribution is 5.78. The molecule has 0 fully saturated rings. The van der Waals surface area contributed by atoms with Crippen LogP contribution in [0.4, 0.5) is 28.4 Å². The molecule has 0 aliphatic carbocycles. The number of benzene rings is 5. The zero-order valence-electron chi connectivity index (χ0n) is 21.9. The lowest BCUT2D eigenvalue weighted by Crippen LogP contribution is -2.14. The van der Waals surface area contributed by atoms with Gasteiger partial charge in [-0.05, 0) is 91.7 Å². The minimum Gasteiger partial charge on any atom is -0.315 e. The van der Waals surface area contributed by atoms with E-state index in [9.17, 15) is 0 Å². The van der Waals surface area contributed by atoms with Crippen LogP contribution in [0.5, 0.6) is 0 Å². The number of anilines is 5. The lowest BCUT2D eigenvalue weighted by Gasteiger charge is -2.26. The SMILES string of the molecule is C/C(=C\C=C(/C)N(c1ccccc1)c1ccccc1)c1ccc(N(c2ccccc2)c2ccccc2)cc1. The number of hydrogen-bond donors (Lipinski definition) is 0. The number of allylic oxidation sites excluding steroid dienone is 4. The van der Waals surface area contributed by atoms with Gasteiger partial charge in [0.15, 0.2) is 0 Å². The summed E-state index contributed by atoms with van der Waals surface area (Å²) in [5.41, 5.74) is 9.25. The van der Waals surface area contributed by atoms with Crippen LogP contribution in [0.15, 0.2) is 163 Å². The molecule has 5 aromatic carbocycles. The number of hydrogen-bond acceptors (Lipinski definition) is 2. The molecule has 0 aliphatic rings. The van der Waals surface area contributed by atoms with Gasteiger partial charge in [-0.25, -0.2) is 0 Å². The van der Waals surface area contributed by atoms with Crippen LogP contribution >= 0.6 is 0 Å². The van der Waals surface area contributed by atoms with E-state index in [0.29, 0.717) is 0 Å². The third-order valence-corrected chi connectivity index (χ3v) is 6.57.